The van der Waals surface area contributed by atoms with Gasteiger partial charge in [0.25, 0.3) is 0 Å². The largest absolute Gasteiger partial charge is 0.493 e. The van der Waals surface area contributed by atoms with E-state index in [1.165, 1.54) is 28.4 Å². The summed E-state index contributed by atoms with van der Waals surface area (Å²) in [5, 5.41) is 2.76. The Bertz CT molecular complexity index is 918. The fourth-order valence-electron chi connectivity index (χ4n) is 3.60. The Labute approximate surface area is 201 Å². The average molecular weight is 474 g/mol. The quantitative estimate of drug-likeness (QED) is 0.438. The molecule has 0 saturated heterocycles. The maximum absolute atomic E-state index is 12.8. The minimum atomic E-state index is -0.951. The zero-order chi connectivity index (χ0) is 25.1. The van der Waals surface area contributed by atoms with Crippen LogP contribution in [0.15, 0.2) is 36.4 Å². The van der Waals surface area contributed by atoms with Crippen LogP contribution in [0.25, 0.3) is 0 Å². The Morgan fingerprint density at radius 1 is 0.941 bits per heavy atom. The highest BCUT2D eigenvalue weighted by molar-refractivity contribution is 5.86. The van der Waals surface area contributed by atoms with Gasteiger partial charge in [0.2, 0.25) is 11.7 Å². The zero-order valence-corrected chi connectivity index (χ0v) is 20.8. The highest BCUT2D eigenvalue weighted by atomic mass is 16.5. The molecule has 1 N–H and O–H groups in total. The van der Waals surface area contributed by atoms with Gasteiger partial charge in [-0.1, -0.05) is 32.4 Å². The van der Waals surface area contributed by atoms with Crippen LogP contribution in [0, 0.1) is 5.92 Å². The van der Waals surface area contributed by atoms with E-state index >= 15 is 0 Å². The van der Waals surface area contributed by atoms with Crippen LogP contribution in [0.2, 0.25) is 0 Å². The van der Waals surface area contributed by atoms with Crippen molar-refractivity contribution in [1.82, 2.24) is 5.32 Å². The number of amides is 1. The van der Waals surface area contributed by atoms with Gasteiger partial charge in [0, 0.05) is 0 Å². The van der Waals surface area contributed by atoms with Gasteiger partial charge >= 0.3 is 5.97 Å². The molecule has 8 nitrogen and oxygen atoms in total. The fourth-order valence-corrected chi connectivity index (χ4v) is 3.60. The molecule has 0 heterocycles. The number of hydrogen-bond acceptors (Lipinski definition) is 7. The van der Waals surface area contributed by atoms with Crippen molar-refractivity contribution >= 4 is 11.9 Å². The molecule has 2 aromatic carbocycles. The van der Waals surface area contributed by atoms with Gasteiger partial charge < -0.3 is 29.0 Å². The number of benzene rings is 2. The van der Waals surface area contributed by atoms with Crippen molar-refractivity contribution in [2.24, 2.45) is 5.92 Å². The van der Waals surface area contributed by atoms with Gasteiger partial charge in [-0.15, -0.1) is 0 Å². The molecule has 0 aliphatic rings. The van der Waals surface area contributed by atoms with E-state index < -0.39 is 12.0 Å². The third-order valence-electron chi connectivity index (χ3n) is 5.36. The average Bonchev–Trinajstić information content (AvgIpc) is 2.85. The van der Waals surface area contributed by atoms with Crippen LogP contribution in [-0.4, -0.2) is 46.9 Å². The summed E-state index contributed by atoms with van der Waals surface area (Å²) in [6.07, 6.45) is 2.21. The molecule has 8 heteroatoms. The summed E-state index contributed by atoms with van der Waals surface area (Å²) in [6.45, 7) is 4.92. The molecule has 34 heavy (non-hydrogen) atoms. The van der Waals surface area contributed by atoms with Gasteiger partial charge in [-0.2, -0.15) is 0 Å². The van der Waals surface area contributed by atoms with Crippen molar-refractivity contribution in [2.75, 3.05) is 35.0 Å². The molecule has 2 rings (SSSR count). The van der Waals surface area contributed by atoms with Crippen LogP contribution in [0.3, 0.4) is 0 Å². The predicted molar refractivity (Wildman–Crippen MR) is 129 cm³/mol. The lowest BCUT2D eigenvalue weighted by molar-refractivity contribution is -0.145. The minimum absolute atomic E-state index is 0.000715. The van der Waals surface area contributed by atoms with Crippen molar-refractivity contribution < 1.29 is 33.3 Å². The number of hydrogen-bond donors (Lipinski definition) is 1. The number of carbonyl (C=O) groups is 2. The van der Waals surface area contributed by atoms with Crippen molar-refractivity contribution in [3.05, 3.63) is 47.5 Å². The molecule has 0 fully saturated rings. The van der Waals surface area contributed by atoms with E-state index in [1.807, 2.05) is 0 Å². The number of carbonyl (C=O) groups excluding carboxylic acids is 2. The Morgan fingerprint density at radius 3 is 2.06 bits per heavy atom. The van der Waals surface area contributed by atoms with Gasteiger partial charge in [-0.3, -0.25) is 4.79 Å². The van der Waals surface area contributed by atoms with Gasteiger partial charge in [0.05, 0.1) is 41.5 Å². The summed E-state index contributed by atoms with van der Waals surface area (Å²) >= 11 is 0. The van der Waals surface area contributed by atoms with E-state index in [4.69, 9.17) is 23.7 Å². The van der Waals surface area contributed by atoms with Crippen molar-refractivity contribution in [1.29, 1.82) is 0 Å². The second-order valence-electron chi connectivity index (χ2n) is 8.01. The first-order valence-corrected chi connectivity index (χ1v) is 11.3. The SMILES string of the molecule is CCCC(C)COc1ccc([C@@H](NC(=O)Cc2cc(OC)c(OC)c(OC)c2)C(=O)OC)cc1. The summed E-state index contributed by atoms with van der Waals surface area (Å²) < 4.78 is 26.7. The molecule has 2 aromatic rings. The smallest absolute Gasteiger partial charge is 0.333 e. The molecular weight excluding hydrogens is 438 g/mol. The van der Waals surface area contributed by atoms with Crippen molar-refractivity contribution in [3.8, 4) is 23.0 Å². The Hall–Kier alpha value is -3.42. The maximum Gasteiger partial charge on any atom is 0.333 e. The standard InChI is InChI=1S/C26H35NO7/c1-7-8-17(2)16-34-20-11-9-19(10-12-20)24(26(29)33-6)27-23(28)15-18-13-21(30-3)25(32-5)22(14-18)31-4/h9-14,17,24H,7-8,15-16H2,1-6H3,(H,27,28)/t17?,24-/m1/s1. The Balaban J connectivity index is 2.13. The van der Waals surface area contributed by atoms with Gasteiger partial charge in [-0.05, 0) is 47.7 Å². The first-order chi connectivity index (χ1) is 16.4. The zero-order valence-electron chi connectivity index (χ0n) is 20.8. The first-order valence-electron chi connectivity index (χ1n) is 11.3. The van der Waals surface area contributed by atoms with E-state index in [1.54, 1.807) is 36.4 Å². The highest BCUT2D eigenvalue weighted by Crippen LogP contribution is 2.38. The third kappa shape index (κ3) is 7.30. The molecular formula is C26H35NO7. The number of esters is 1. The van der Waals surface area contributed by atoms with Crippen LogP contribution in [0.4, 0.5) is 0 Å². The van der Waals surface area contributed by atoms with Gasteiger partial charge in [-0.25, -0.2) is 4.79 Å². The van der Waals surface area contributed by atoms with Crippen LogP contribution in [0.1, 0.15) is 43.9 Å². The summed E-state index contributed by atoms with van der Waals surface area (Å²) in [4.78, 5) is 25.3. The van der Waals surface area contributed by atoms with Crippen molar-refractivity contribution in [3.63, 3.8) is 0 Å². The molecule has 2 atom stereocenters. The minimum Gasteiger partial charge on any atom is -0.493 e. The second-order valence-corrected chi connectivity index (χ2v) is 8.01. The molecule has 1 amide bonds. The lowest BCUT2D eigenvalue weighted by atomic mass is 10.1. The Kier molecular flexibility index (Phi) is 10.5. The summed E-state index contributed by atoms with van der Waals surface area (Å²) in [6, 6.07) is 9.51. The number of ether oxygens (including phenoxy) is 5. The lowest BCUT2D eigenvalue weighted by Gasteiger charge is -2.18. The topological polar surface area (TPSA) is 92.3 Å². The molecule has 0 aliphatic carbocycles. The van der Waals surface area contributed by atoms with Crippen LogP contribution in [0.5, 0.6) is 23.0 Å². The predicted octanol–water partition coefficient (Wildman–Crippen LogP) is 4.10. The summed E-state index contributed by atoms with van der Waals surface area (Å²) in [5.41, 5.74) is 1.24. The lowest BCUT2D eigenvalue weighted by Crippen LogP contribution is -2.35. The fraction of sp³-hybridized carbons (Fsp3) is 0.462. The summed E-state index contributed by atoms with van der Waals surface area (Å²) in [7, 11) is 5.81. The molecule has 0 radical (unpaired) electrons. The normalized spacial score (nSPS) is 12.3. The van der Waals surface area contributed by atoms with E-state index in [9.17, 15) is 9.59 Å². The molecule has 0 aromatic heterocycles. The van der Waals surface area contributed by atoms with Crippen LogP contribution in [-0.2, 0) is 20.7 Å². The molecule has 186 valence electrons. The van der Waals surface area contributed by atoms with Crippen LogP contribution >= 0.6 is 0 Å². The molecule has 0 aliphatic heterocycles. The van der Waals surface area contributed by atoms with Gasteiger partial charge in [0.1, 0.15) is 5.75 Å². The first kappa shape index (κ1) is 26.8. The van der Waals surface area contributed by atoms with E-state index in [0.29, 0.717) is 46.6 Å². The van der Waals surface area contributed by atoms with E-state index in [2.05, 4.69) is 19.2 Å². The molecule has 0 spiro atoms. The monoisotopic (exact) mass is 473 g/mol. The number of rotatable bonds is 13. The summed E-state index contributed by atoms with van der Waals surface area (Å²) in [5.74, 6) is 1.56. The van der Waals surface area contributed by atoms with E-state index in [0.717, 1.165) is 12.8 Å². The van der Waals surface area contributed by atoms with Gasteiger partial charge in [0.15, 0.2) is 17.5 Å². The second kappa shape index (κ2) is 13.3. The molecule has 0 bridgehead atoms. The van der Waals surface area contributed by atoms with Crippen molar-refractivity contribution in [2.45, 2.75) is 39.2 Å². The number of nitrogens with one attached hydrogen (secondary N) is 1. The molecule has 0 saturated carbocycles. The van der Waals surface area contributed by atoms with E-state index in [-0.39, 0.29) is 12.3 Å². The molecule has 1 unspecified atom stereocenters. The Morgan fingerprint density at radius 2 is 1.56 bits per heavy atom. The third-order valence-corrected chi connectivity index (χ3v) is 5.36. The van der Waals surface area contributed by atoms with Crippen LogP contribution < -0.4 is 24.3 Å². The highest BCUT2D eigenvalue weighted by Gasteiger charge is 2.24. The number of methoxy groups -OCH3 is 4. The maximum atomic E-state index is 12.8.